The fraction of sp³-hybridized carbons (Fsp3) is 0.357. The number of hydrogen-bond donors (Lipinski definition) is 1. The van der Waals surface area contributed by atoms with Crippen molar-refractivity contribution in [3.63, 3.8) is 0 Å². The van der Waals surface area contributed by atoms with E-state index in [2.05, 4.69) is 24.0 Å². The number of ether oxygens (including phenoxy) is 1. The number of aryl methyl sites for hydroxylation is 1. The molecule has 2 rings (SSSR count). The smallest absolute Gasteiger partial charge is 0.252 e. The number of carbonyl (C=O) groups excluding carboxylic acids is 1. The van der Waals surface area contributed by atoms with Gasteiger partial charge in [0.05, 0.1) is 6.10 Å². The largest absolute Gasteiger partial charge is 0.359 e. The quantitative estimate of drug-likeness (QED) is 0.598. The zero-order valence-corrected chi connectivity index (χ0v) is 9.76. The van der Waals surface area contributed by atoms with E-state index in [-0.39, 0.29) is 18.1 Å². The van der Waals surface area contributed by atoms with Crippen LogP contribution >= 0.6 is 0 Å². The van der Waals surface area contributed by atoms with Crippen LogP contribution < -0.4 is 5.32 Å². The third-order valence-electron chi connectivity index (χ3n) is 2.82. The SMILES string of the molecule is C=CCNC(=O)[C@@H]1O[C@H]1CCc1ccccc1. The molecule has 1 aliphatic heterocycles. The Bertz CT molecular complexity index is 388. The first-order chi connectivity index (χ1) is 8.31. The van der Waals surface area contributed by atoms with Crippen LogP contribution in [-0.2, 0) is 16.0 Å². The van der Waals surface area contributed by atoms with Crippen LogP contribution in [0, 0.1) is 0 Å². The molecule has 0 unspecified atom stereocenters. The normalized spacial score (nSPS) is 21.9. The topological polar surface area (TPSA) is 41.6 Å². The molecule has 0 radical (unpaired) electrons. The van der Waals surface area contributed by atoms with Crippen molar-refractivity contribution in [2.24, 2.45) is 0 Å². The van der Waals surface area contributed by atoms with Gasteiger partial charge >= 0.3 is 0 Å². The average Bonchev–Trinajstić information content (AvgIpc) is 3.14. The summed E-state index contributed by atoms with van der Waals surface area (Å²) in [6.45, 7) is 4.06. The van der Waals surface area contributed by atoms with E-state index >= 15 is 0 Å². The molecule has 1 saturated heterocycles. The number of rotatable bonds is 6. The Labute approximate surface area is 101 Å². The third kappa shape index (κ3) is 3.43. The van der Waals surface area contributed by atoms with Gasteiger partial charge in [-0.3, -0.25) is 4.79 Å². The summed E-state index contributed by atoms with van der Waals surface area (Å²) >= 11 is 0. The highest BCUT2D eigenvalue weighted by molar-refractivity contribution is 5.83. The molecule has 0 saturated carbocycles. The standard InChI is InChI=1S/C14H17NO2/c1-2-10-15-14(16)13-12(17-13)9-8-11-6-4-3-5-7-11/h2-7,12-13H,1,8-10H2,(H,15,16)/t12-,13+/m0/s1. The molecular formula is C14H17NO2. The molecule has 3 nitrogen and oxygen atoms in total. The van der Waals surface area contributed by atoms with Crippen LogP contribution in [0.25, 0.3) is 0 Å². The fourth-order valence-corrected chi connectivity index (χ4v) is 1.82. The summed E-state index contributed by atoms with van der Waals surface area (Å²) in [5.74, 6) is -0.0250. The van der Waals surface area contributed by atoms with E-state index in [1.165, 1.54) is 5.56 Å². The molecule has 1 aromatic carbocycles. The van der Waals surface area contributed by atoms with Gasteiger partial charge in [0.15, 0.2) is 6.10 Å². The number of hydrogen-bond acceptors (Lipinski definition) is 2. The van der Waals surface area contributed by atoms with Gasteiger partial charge in [-0.2, -0.15) is 0 Å². The molecule has 3 heteroatoms. The van der Waals surface area contributed by atoms with Gasteiger partial charge in [-0.15, -0.1) is 6.58 Å². The van der Waals surface area contributed by atoms with E-state index in [1.54, 1.807) is 6.08 Å². The molecule has 0 spiro atoms. The lowest BCUT2D eigenvalue weighted by Crippen LogP contribution is -2.29. The van der Waals surface area contributed by atoms with Crippen molar-refractivity contribution in [1.82, 2.24) is 5.32 Å². The van der Waals surface area contributed by atoms with Gasteiger partial charge in [0.2, 0.25) is 0 Å². The Morgan fingerprint density at radius 3 is 2.88 bits per heavy atom. The van der Waals surface area contributed by atoms with Crippen molar-refractivity contribution in [3.05, 3.63) is 48.6 Å². The number of benzene rings is 1. The Hall–Kier alpha value is -1.61. The van der Waals surface area contributed by atoms with E-state index in [4.69, 9.17) is 4.74 Å². The molecule has 0 bridgehead atoms. The summed E-state index contributed by atoms with van der Waals surface area (Å²) in [5, 5.41) is 2.74. The summed E-state index contributed by atoms with van der Waals surface area (Å²) in [6, 6.07) is 10.2. The maximum Gasteiger partial charge on any atom is 0.252 e. The maximum absolute atomic E-state index is 11.5. The molecule has 2 atom stereocenters. The second-order valence-corrected chi connectivity index (χ2v) is 4.15. The summed E-state index contributed by atoms with van der Waals surface area (Å²) in [6.07, 6.45) is 3.35. The molecule has 1 heterocycles. The number of amides is 1. The summed E-state index contributed by atoms with van der Waals surface area (Å²) in [4.78, 5) is 11.5. The Morgan fingerprint density at radius 1 is 1.41 bits per heavy atom. The fourth-order valence-electron chi connectivity index (χ4n) is 1.82. The first kappa shape index (κ1) is 11.9. The Morgan fingerprint density at radius 2 is 2.18 bits per heavy atom. The Balaban J connectivity index is 1.70. The summed E-state index contributed by atoms with van der Waals surface area (Å²) in [5.41, 5.74) is 1.29. The second-order valence-electron chi connectivity index (χ2n) is 4.15. The van der Waals surface area contributed by atoms with Crippen LogP contribution in [0.1, 0.15) is 12.0 Å². The number of carbonyl (C=O) groups is 1. The minimum atomic E-state index is -0.251. The highest BCUT2D eigenvalue weighted by atomic mass is 16.6. The highest BCUT2D eigenvalue weighted by Gasteiger charge is 2.43. The summed E-state index contributed by atoms with van der Waals surface area (Å²) < 4.78 is 5.35. The zero-order chi connectivity index (χ0) is 12.1. The van der Waals surface area contributed by atoms with Gasteiger partial charge in [0, 0.05) is 6.54 Å². The van der Waals surface area contributed by atoms with Crippen molar-refractivity contribution in [3.8, 4) is 0 Å². The molecule has 17 heavy (non-hydrogen) atoms. The molecule has 1 fully saturated rings. The van der Waals surface area contributed by atoms with Crippen LogP contribution in [0.3, 0.4) is 0 Å². The van der Waals surface area contributed by atoms with E-state index in [1.807, 2.05) is 18.2 Å². The lowest BCUT2D eigenvalue weighted by molar-refractivity contribution is -0.122. The molecule has 1 N–H and O–H groups in total. The lowest BCUT2D eigenvalue weighted by Gasteiger charge is -1.99. The maximum atomic E-state index is 11.5. The van der Waals surface area contributed by atoms with Crippen LogP contribution in [0.15, 0.2) is 43.0 Å². The van der Waals surface area contributed by atoms with Gasteiger partial charge in [-0.1, -0.05) is 36.4 Å². The van der Waals surface area contributed by atoms with E-state index < -0.39 is 0 Å². The molecular weight excluding hydrogens is 214 g/mol. The monoisotopic (exact) mass is 231 g/mol. The lowest BCUT2D eigenvalue weighted by atomic mass is 10.1. The van der Waals surface area contributed by atoms with Gasteiger partial charge in [-0.25, -0.2) is 0 Å². The summed E-state index contributed by atoms with van der Waals surface area (Å²) in [7, 11) is 0. The first-order valence-electron chi connectivity index (χ1n) is 5.89. The average molecular weight is 231 g/mol. The second kappa shape index (κ2) is 5.64. The van der Waals surface area contributed by atoms with Crippen molar-refractivity contribution in [2.75, 3.05) is 6.54 Å². The van der Waals surface area contributed by atoms with Crippen molar-refractivity contribution in [1.29, 1.82) is 0 Å². The van der Waals surface area contributed by atoms with Crippen molar-refractivity contribution < 1.29 is 9.53 Å². The minimum Gasteiger partial charge on any atom is -0.359 e. The molecule has 1 amide bonds. The number of nitrogens with one attached hydrogen (secondary N) is 1. The molecule has 0 aromatic heterocycles. The van der Waals surface area contributed by atoms with Crippen LogP contribution in [0.4, 0.5) is 0 Å². The Kier molecular flexibility index (Phi) is 3.94. The van der Waals surface area contributed by atoms with Crippen molar-refractivity contribution in [2.45, 2.75) is 25.0 Å². The van der Waals surface area contributed by atoms with Crippen LogP contribution in [0.2, 0.25) is 0 Å². The molecule has 90 valence electrons. The van der Waals surface area contributed by atoms with Crippen molar-refractivity contribution >= 4 is 5.91 Å². The molecule has 1 aliphatic rings. The van der Waals surface area contributed by atoms with Gasteiger partial charge in [-0.05, 0) is 18.4 Å². The molecule has 0 aliphatic carbocycles. The zero-order valence-electron chi connectivity index (χ0n) is 9.76. The van der Waals surface area contributed by atoms with E-state index in [9.17, 15) is 4.79 Å². The third-order valence-corrected chi connectivity index (χ3v) is 2.82. The first-order valence-corrected chi connectivity index (χ1v) is 5.89. The van der Waals surface area contributed by atoms with Crippen LogP contribution in [0.5, 0.6) is 0 Å². The van der Waals surface area contributed by atoms with E-state index in [0.717, 1.165) is 12.8 Å². The highest BCUT2D eigenvalue weighted by Crippen LogP contribution is 2.26. The van der Waals surface area contributed by atoms with Gasteiger partial charge < -0.3 is 10.1 Å². The van der Waals surface area contributed by atoms with Gasteiger partial charge in [0.25, 0.3) is 5.91 Å². The van der Waals surface area contributed by atoms with Gasteiger partial charge in [0.1, 0.15) is 0 Å². The van der Waals surface area contributed by atoms with E-state index in [0.29, 0.717) is 6.54 Å². The number of epoxide rings is 1. The predicted molar refractivity (Wildman–Crippen MR) is 66.6 cm³/mol. The molecule has 1 aromatic rings. The van der Waals surface area contributed by atoms with Crippen LogP contribution in [-0.4, -0.2) is 24.7 Å². The predicted octanol–water partition coefficient (Wildman–Crippen LogP) is 1.69. The minimum absolute atomic E-state index is 0.0250.